The molecule has 0 bridgehead atoms. The maximum atomic E-state index is 12.0. The Morgan fingerprint density at radius 3 is 2.79 bits per heavy atom. The van der Waals surface area contributed by atoms with Crippen LogP contribution in [0.2, 0.25) is 0 Å². The molecule has 0 aromatic heterocycles. The number of benzene rings is 1. The fourth-order valence-electron chi connectivity index (χ4n) is 1.78. The Morgan fingerprint density at radius 1 is 1.47 bits per heavy atom. The summed E-state index contributed by atoms with van der Waals surface area (Å²) >= 11 is 3.41. The van der Waals surface area contributed by atoms with Crippen LogP contribution in [0.1, 0.15) is 13.8 Å². The molecule has 0 aliphatic heterocycles. The van der Waals surface area contributed by atoms with E-state index in [1.165, 1.54) is 0 Å². The van der Waals surface area contributed by atoms with Gasteiger partial charge in [0, 0.05) is 23.2 Å². The summed E-state index contributed by atoms with van der Waals surface area (Å²) in [6.07, 6.45) is 0. The van der Waals surface area contributed by atoms with E-state index in [9.17, 15) is 4.79 Å². The van der Waals surface area contributed by atoms with Crippen molar-refractivity contribution in [3.05, 3.63) is 28.7 Å². The van der Waals surface area contributed by atoms with E-state index in [0.717, 1.165) is 10.2 Å². The highest BCUT2D eigenvalue weighted by Gasteiger charge is 2.26. The van der Waals surface area contributed by atoms with Gasteiger partial charge in [-0.15, -0.1) is 0 Å². The van der Waals surface area contributed by atoms with E-state index in [1.807, 2.05) is 31.2 Å². The molecule has 0 fully saturated rings. The Hall–Kier alpha value is -1.07. The van der Waals surface area contributed by atoms with Crippen molar-refractivity contribution in [2.75, 3.05) is 25.6 Å². The molecule has 2 atom stereocenters. The number of ether oxygens (including phenoxy) is 2. The maximum Gasteiger partial charge on any atom is 0.328 e. The molecule has 0 aliphatic rings. The van der Waals surface area contributed by atoms with Crippen molar-refractivity contribution in [1.82, 2.24) is 0 Å². The largest absolute Gasteiger partial charge is 0.464 e. The van der Waals surface area contributed by atoms with Gasteiger partial charge in [-0.1, -0.05) is 28.9 Å². The van der Waals surface area contributed by atoms with Gasteiger partial charge < -0.3 is 14.8 Å². The summed E-state index contributed by atoms with van der Waals surface area (Å²) in [4.78, 5) is 12.0. The molecule has 5 heteroatoms. The van der Waals surface area contributed by atoms with Crippen molar-refractivity contribution in [3.63, 3.8) is 0 Å². The Balaban J connectivity index is 2.81. The Kier molecular flexibility index (Phi) is 6.87. The minimum Gasteiger partial charge on any atom is -0.464 e. The molecule has 0 amide bonds. The number of hydrogen-bond donors (Lipinski definition) is 1. The third-order valence-electron chi connectivity index (χ3n) is 2.69. The number of esters is 1. The maximum absolute atomic E-state index is 12.0. The van der Waals surface area contributed by atoms with Crippen molar-refractivity contribution in [2.45, 2.75) is 19.9 Å². The molecule has 0 spiro atoms. The van der Waals surface area contributed by atoms with Crippen molar-refractivity contribution >= 4 is 27.6 Å². The normalized spacial score (nSPS) is 13.7. The number of methoxy groups -OCH3 is 1. The average Bonchev–Trinajstić information content (AvgIpc) is 2.36. The van der Waals surface area contributed by atoms with E-state index in [1.54, 1.807) is 14.0 Å². The van der Waals surface area contributed by atoms with Gasteiger partial charge in [0.15, 0.2) is 0 Å². The monoisotopic (exact) mass is 329 g/mol. The highest BCUT2D eigenvalue weighted by Crippen LogP contribution is 2.19. The number of carbonyl (C=O) groups is 1. The summed E-state index contributed by atoms with van der Waals surface area (Å²) < 4.78 is 11.2. The third-order valence-corrected chi connectivity index (χ3v) is 3.18. The standard InChI is InChI=1S/C14H20BrNO3/c1-4-19-14(17)13(10(2)9-18-3)16-12-7-5-6-11(15)8-12/h5-8,10,13,16H,4,9H2,1-3H3. The van der Waals surface area contributed by atoms with E-state index >= 15 is 0 Å². The number of anilines is 1. The van der Waals surface area contributed by atoms with Crippen LogP contribution < -0.4 is 5.32 Å². The van der Waals surface area contributed by atoms with Crippen LogP contribution in [0.25, 0.3) is 0 Å². The highest BCUT2D eigenvalue weighted by atomic mass is 79.9. The second-order valence-corrected chi connectivity index (χ2v) is 5.23. The Bertz CT molecular complexity index is 411. The number of hydrogen-bond acceptors (Lipinski definition) is 4. The lowest BCUT2D eigenvalue weighted by Crippen LogP contribution is -2.39. The van der Waals surface area contributed by atoms with Crippen LogP contribution in [-0.2, 0) is 14.3 Å². The lowest BCUT2D eigenvalue weighted by Gasteiger charge is -2.24. The number of nitrogens with one attached hydrogen (secondary N) is 1. The van der Waals surface area contributed by atoms with Crippen LogP contribution in [0.4, 0.5) is 5.69 Å². The second-order valence-electron chi connectivity index (χ2n) is 4.32. The smallest absolute Gasteiger partial charge is 0.328 e. The van der Waals surface area contributed by atoms with Gasteiger partial charge in [0.05, 0.1) is 13.2 Å². The zero-order valence-corrected chi connectivity index (χ0v) is 13.1. The molecule has 2 unspecified atom stereocenters. The average molecular weight is 330 g/mol. The lowest BCUT2D eigenvalue weighted by molar-refractivity contribution is -0.145. The van der Waals surface area contributed by atoms with Crippen molar-refractivity contribution in [3.8, 4) is 0 Å². The minimum atomic E-state index is -0.422. The quantitative estimate of drug-likeness (QED) is 0.781. The zero-order chi connectivity index (χ0) is 14.3. The van der Waals surface area contributed by atoms with Crippen LogP contribution in [0.5, 0.6) is 0 Å². The molecule has 0 saturated heterocycles. The van der Waals surface area contributed by atoms with Crippen LogP contribution in [0, 0.1) is 5.92 Å². The Morgan fingerprint density at radius 2 is 2.21 bits per heavy atom. The first-order valence-corrected chi connectivity index (χ1v) is 7.05. The molecular weight excluding hydrogens is 310 g/mol. The van der Waals surface area contributed by atoms with Gasteiger partial charge in [-0.2, -0.15) is 0 Å². The summed E-state index contributed by atoms with van der Waals surface area (Å²) in [5.41, 5.74) is 0.871. The fourth-order valence-corrected chi connectivity index (χ4v) is 2.18. The number of halogens is 1. The molecule has 106 valence electrons. The van der Waals surface area contributed by atoms with Crippen molar-refractivity contribution in [1.29, 1.82) is 0 Å². The molecule has 1 aromatic carbocycles. The van der Waals surface area contributed by atoms with Gasteiger partial charge in [0.2, 0.25) is 0 Å². The number of carbonyl (C=O) groups excluding carboxylic acids is 1. The molecule has 4 nitrogen and oxygen atoms in total. The fraction of sp³-hybridized carbons (Fsp3) is 0.500. The van der Waals surface area contributed by atoms with E-state index in [-0.39, 0.29) is 11.9 Å². The van der Waals surface area contributed by atoms with Gasteiger partial charge in [-0.25, -0.2) is 4.79 Å². The highest BCUT2D eigenvalue weighted by molar-refractivity contribution is 9.10. The molecule has 0 heterocycles. The van der Waals surface area contributed by atoms with Gasteiger partial charge in [-0.05, 0) is 25.1 Å². The van der Waals surface area contributed by atoms with Gasteiger partial charge in [0.1, 0.15) is 6.04 Å². The zero-order valence-electron chi connectivity index (χ0n) is 11.5. The molecule has 0 radical (unpaired) electrons. The van der Waals surface area contributed by atoms with E-state index in [4.69, 9.17) is 9.47 Å². The molecule has 0 saturated carbocycles. The first-order valence-electron chi connectivity index (χ1n) is 6.26. The topological polar surface area (TPSA) is 47.6 Å². The van der Waals surface area contributed by atoms with Crippen molar-refractivity contribution in [2.24, 2.45) is 5.92 Å². The molecule has 1 N–H and O–H groups in total. The summed E-state index contributed by atoms with van der Waals surface area (Å²) in [5.74, 6) is -0.241. The molecule has 0 aliphatic carbocycles. The number of rotatable bonds is 7. The van der Waals surface area contributed by atoms with Crippen LogP contribution in [0.15, 0.2) is 28.7 Å². The Labute approximate surface area is 122 Å². The predicted molar refractivity (Wildman–Crippen MR) is 79.2 cm³/mol. The first-order chi connectivity index (χ1) is 9.08. The summed E-state index contributed by atoms with van der Waals surface area (Å²) in [5, 5.41) is 3.20. The summed E-state index contributed by atoms with van der Waals surface area (Å²) in [6, 6.07) is 7.26. The molecule has 19 heavy (non-hydrogen) atoms. The van der Waals surface area contributed by atoms with Crippen LogP contribution in [0.3, 0.4) is 0 Å². The van der Waals surface area contributed by atoms with Gasteiger partial charge >= 0.3 is 5.97 Å². The predicted octanol–water partition coefficient (Wildman–Crippen LogP) is 3.08. The van der Waals surface area contributed by atoms with Gasteiger partial charge in [-0.3, -0.25) is 0 Å². The van der Waals surface area contributed by atoms with E-state index < -0.39 is 6.04 Å². The van der Waals surface area contributed by atoms with Crippen LogP contribution >= 0.6 is 15.9 Å². The molecular formula is C14H20BrNO3. The first kappa shape index (κ1) is 16.0. The SMILES string of the molecule is CCOC(=O)C(Nc1cccc(Br)c1)C(C)COC. The van der Waals surface area contributed by atoms with Gasteiger partial charge in [0.25, 0.3) is 0 Å². The van der Waals surface area contributed by atoms with Crippen molar-refractivity contribution < 1.29 is 14.3 Å². The molecule has 1 rings (SSSR count). The van der Waals surface area contributed by atoms with E-state index in [0.29, 0.717) is 13.2 Å². The summed E-state index contributed by atoms with van der Waals surface area (Å²) in [6.45, 7) is 4.62. The second kappa shape index (κ2) is 8.17. The summed E-state index contributed by atoms with van der Waals surface area (Å²) in [7, 11) is 1.62. The minimum absolute atomic E-state index is 0.0167. The molecule has 1 aromatic rings. The third kappa shape index (κ3) is 5.20. The van der Waals surface area contributed by atoms with E-state index in [2.05, 4.69) is 21.2 Å². The van der Waals surface area contributed by atoms with Crippen LogP contribution in [-0.4, -0.2) is 32.3 Å². The lowest BCUT2D eigenvalue weighted by atomic mass is 10.0.